The van der Waals surface area contributed by atoms with Gasteiger partial charge in [0.1, 0.15) is 5.75 Å². The number of aromatic nitrogens is 2. The summed E-state index contributed by atoms with van der Waals surface area (Å²) in [5, 5.41) is 3.75. The van der Waals surface area contributed by atoms with Gasteiger partial charge in [-0.3, -0.25) is 4.79 Å². The molecule has 0 fully saturated rings. The number of anilines is 2. The first-order valence-electron chi connectivity index (χ1n) is 6.43. The smallest absolute Gasteiger partial charge is 0.332 e. The fraction of sp³-hybridized carbons (Fsp3) is 0.0667. The van der Waals surface area contributed by atoms with Crippen molar-refractivity contribution in [3.05, 3.63) is 63.2 Å². The van der Waals surface area contributed by atoms with Crippen molar-refractivity contribution in [3.63, 3.8) is 0 Å². The third-order valence-corrected chi connectivity index (χ3v) is 3.89. The second-order valence-electron chi connectivity index (χ2n) is 4.44. The SMILES string of the molecule is COc1ccc(Nc2nsc(=O)n2-c2ccc(Cl)cc2)cc1. The Bertz CT molecular complexity index is 825. The minimum absolute atomic E-state index is 0.168. The maximum absolute atomic E-state index is 12.0. The zero-order valence-corrected chi connectivity index (χ0v) is 13.2. The average molecular weight is 334 g/mol. The third-order valence-electron chi connectivity index (χ3n) is 3.04. The van der Waals surface area contributed by atoms with E-state index in [9.17, 15) is 4.79 Å². The molecule has 0 atom stereocenters. The van der Waals surface area contributed by atoms with Crippen LogP contribution in [-0.4, -0.2) is 16.1 Å². The highest BCUT2D eigenvalue weighted by Crippen LogP contribution is 2.21. The van der Waals surface area contributed by atoms with Gasteiger partial charge in [-0.25, -0.2) is 4.57 Å². The lowest BCUT2D eigenvalue weighted by Crippen LogP contribution is -2.13. The number of nitrogens with one attached hydrogen (secondary N) is 1. The number of hydrogen-bond donors (Lipinski definition) is 1. The quantitative estimate of drug-likeness (QED) is 0.791. The van der Waals surface area contributed by atoms with Gasteiger partial charge in [-0.2, -0.15) is 4.37 Å². The van der Waals surface area contributed by atoms with E-state index in [4.69, 9.17) is 16.3 Å². The summed E-state index contributed by atoms with van der Waals surface area (Å²) in [6.07, 6.45) is 0. The molecule has 0 amide bonds. The van der Waals surface area contributed by atoms with Gasteiger partial charge < -0.3 is 10.1 Å². The molecule has 1 aromatic heterocycles. The highest BCUT2D eigenvalue weighted by molar-refractivity contribution is 7.03. The van der Waals surface area contributed by atoms with Crippen molar-refractivity contribution in [2.24, 2.45) is 0 Å². The summed E-state index contributed by atoms with van der Waals surface area (Å²) >= 11 is 6.78. The summed E-state index contributed by atoms with van der Waals surface area (Å²) < 4.78 is 10.8. The zero-order chi connectivity index (χ0) is 15.5. The second kappa shape index (κ2) is 6.21. The monoisotopic (exact) mass is 333 g/mol. The van der Waals surface area contributed by atoms with Crippen molar-refractivity contribution >= 4 is 34.8 Å². The van der Waals surface area contributed by atoms with Gasteiger partial charge in [0, 0.05) is 22.2 Å². The minimum atomic E-state index is -0.168. The molecular weight excluding hydrogens is 322 g/mol. The summed E-state index contributed by atoms with van der Waals surface area (Å²) in [6, 6.07) is 14.4. The normalized spacial score (nSPS) is 10.5. The molecule has 0 aliphatic heterocycles. The van der Waals surface area contributed by atoms with Gasteiger partial charge in [0.25, 0.3) is 0 Å². The summed E-state index contributed by atoms with van der Waals surface area (Å²) in [7, 11) is 1.61. The van der Waals surface area contributed by atoms with Crippen molar-refractivity contribution in [3.8, 4) is 11.4 Å². The van der Waals surface area contributed by atoms with Crippen LogP contribution in [0.2, 0.25) is 5.02 Å². The van der Waals surface area contributed by atoms with Crippen LogP contribution in [0.25, 0.3) is 5.69 Å². The minimum Gasteiger partial charge on any atom is -0.497 e. The number of hydrogen-bond acceptors (Lipinski definition) is 5. The van der Waals surface area contributed by atoms with Crippen molar-refractivity contribution in [2.75, 3.05) is 12.4 Å². The van der Waals surface area contributed by atoms with E-state index < -0.39 is 0 Å². The van der Waals surface area contributed by atoms with E-state index in [0.717, 1.165) is 23.0 Å². The van der Waals surface area contributed by atoms with Gasteiger partial charge in [0.15, 0.2) is 0 Å². The first-order chi connectivity index (χ1) is 10.7. The predicted octanol–water partition coefficient (Wildman–Crippen LogP) is 3.70. The molecule has 0 aliphatic carbocycles. The average Bonchev–Trinajstić information content (AvgIpc) is 2.90. The Morgan fingerprint density at radius 3 is 2.45 bits per heavy atom. The van der Waals surface area contributed by atoms with Crippen molar-refractivity contribution < 1.29 is 4.74 Å². The fourth-order valence-corrected chi connectivity index (χ4v) is 2.64. The largest absolute Gasteiger partial charge is 0.497 e. The molecule has 0 saturated carbocycles. The van der Waals surface area contributed by atoms with Crippen LogP contribution in [-0.2, 0) is 0 Å². The Labute approximate surface area is 135 Å². The van der Waals surface area contributed by atoms with E-state index in [0.29, 0.717) is 16.7 Å². The van der Waals surface area contributed by atoms with Crippen LogP contribution in [0, 0.1) is 0 Å². The first kappa shape index (κ1) is 14.6. The fourth-order valence-electron chi connectivity index (χ4n) is 1.95. The molecule has 5 nitrogen and oxygen atoms in total. The molecule has 2 aromatic carbocycles. The molecular formula is C15H12ClN3O2S. The zero-order valence-electron chi connectivity index (χ0n) is 11.6. The van der Waals surface area contributed by atoms with Crippen molar-refractivity contribution in [1.29, 1.82) is 0 Å². The van der Waals surface area contributed by atoms with Crippen LogP contribution >= 0.6 is 23.1 Å². The van der Waals surface area contributed by atoms with Crippen LogP contribution in [0.1, 0.15) is 0 Å². The molecule has 22 heavy (non-hydrogen) atoms. The number of ether oxygens (including phenoxy) is 1. The number of methoxy groups -OCH3 is 1. The lowest BCUT2D eigenvalue weighted by atomic mass is 10.3. The topological polar surface area (TPSA) is 56.1 Å². The Hall–Kier alpha value is -2.31. The van der Waals surface area contributed by atoms with Crippen LogP contribution in [0.5, 0.6) is 5.75 Å². The highest BCUT2D eigenvalue weighted by atomic mass is 35.5. The van der Waals surface area contributed by atoms with E-state index >= 15 is 0 Å². The number of benzene rings is 2. The summed E-state index contributed by atoms with van der Waals surface area (Å²) in [5.41, 5.74) is 1.52. The number of nitrogens with zero attached hydrogens (tertiary/aromatic N) is 2. The van der Waals surface area contributed by atoms with Gasteiger partial charge in [-0.15, -0.1) is 0 Å². The van der Waals surface area contributed by atoms with Gasteiger partial charge in [-0.05, 0) is 48.5 Å². The van der Waals surface area contributed by atoms with Crippen molar-refractivity contribution in [1.82, 2.24) is 8.94 Å². The van der Waals surface area contributed by atoms with E-state index in [1.54, 1.807) is 31.4 Å². The molecule has 0 radical (unpaired) electrons. The molecule has 3 rings (SSSR count). The van der Waals surface area contributed by atoms with Gasteiger partial charge in [0.2, 0.25) is 5.95 Å². The van der Waals surface area contributed by atoms with Gasteiger partial charge in [-0.1, -0.05) is 11.6 Å². The standard InChI is InChI=1S/C15H12ClN3O2S/c1-21-13-8-4-11(5-9-13)17-14-18-22-15(20)19(14)12-6-2-10(16)3-7-12/h2-9H,1H3,(H,17,18). The summed E-state index contributed by atoms with van der Waals surface area (Å²) in [5.74, 6) is 1.22. The molecule has 0 unspecified atom stereocenters. The lowest BCUT2D eigenvalue weighted by Gasteiger charge is -2.09. The van der Waals surface area contributed by atoms with Crippen molar-refractivity contribution in [2.45, 2.75) is 0 Å². The van der Waals surface area contributed by atoms with E-state index in [1.807, 2.05) is 24.3 Å². The second-order valence-corrected chi connectivity index (χ2v) is 5.59. The maximum atomic E-state index is 12.0. The molecule has 1 heterocycles. The predicted molar refractivity (Wildman–Crippen MR) is 89.0 cm³/mol. The summed E-state index contributed by atoms with van der Waals surface area (Å²) in [4.78, 5) is 11.9. The molecule has 7 heteroatoms. The maximum Gasteiger partial charge on any atom is 0.332 e. The van der Waals surface area contributed by atoms with Crippen LogP contribution in [0.3, 0.4) is 0 Å². The van der Waals surface area contributed by atoms with E-state index in [2.05, 4.69) is 9.69 Å². The Balaban J connectivity index is 1.94. The van der Waals surface area contributed by atoms with E-state index in [1.165, 1.54) is 4.57 Å². The molecule has 1 N–H and O–H groups in total. The van der Waals surface area contributed by atoms with Gasteiger partial charge in [0.05, 0.1) is 12.8 Å². The Kier molecular flexibility index (Phi) is 4.13. The molecule has 0 saturated heterocycles. The van der Waals surface area contributed by atoms with Crippen LogP contribution in [0.15, 0.2) is 53.3 Å². The van der Waals surface area contributed by atoms with E-state index in [-0.39, 0.29) is 4.87 Å². The molecule has 0 aliphatic rings. The number of rotatable bonds is 4. The summed E-state index contributed by atoms with van der Waals surface area (Å²) in [6.45, 7) is 0. The van der Waals surface area contributed by atoms with Crippen LogP contribution in [0.4, 0.5) is 11.6 Å². The lowest BCUT2D eigenvalue weighted by molar-refractivity contribution is 0.415. The Morgan fingerprint density at radius 2 is 1.82 bits per heavy atom. The Morgan fingerprint density at radius 1 is 1.14 bits per heavy atom. The number of halogens is 1. The van der Waals surface area contributed by atoms with Crippen LogP contribution < -0.4 is 14.9 Å². The molecule has 0 bridgehead atoms. The highest BCUT2D eigenvalue weighted by Gasteiger charge is 2.11. The molecule has 112 valence electrons. The first-order valence-corrected chi connectivity index (χ1v) is 7.58. The third kappa shape index (κ3) is 2.98. The van der Waals surface area contributed by atoms with Gasteiger partial charge >= 0.3 is 4.87 Å². The molecule has 0 spiro atoms. The molecule has 3 aromatic rings.